The van der Waals surface area contributed by atoms with Crippen LogP contribution >= 0.6 is 11.3 Å². The highest BCUT2D eigenvalue weighted by atomic mass is 32.1. The number of hydrogen-bond acceptors (Lipinski definition) is 3. The molecule has 1 heterocycles. The molecule has 7 heteroatoms. The van der Waals surface area contributed by atoms with Gasteiger partial charge in [-0.15, -0.1) is 11.3 Å². The van der Waals surface area contributed by atoms with E-state index in [0.29, 0.717) is 10.6 Å². The van der Waals surface area contributed by atoms with Crippen LogP contribution in [0.1, 0.15) is 11.8 Å². The van der Waals surface area contributed by atoms with E-state index in [1.807, 2.05) is 0 Å². The molecule has 0 aliphatic rings. The van der Waals surface area contributed by atoms with Crippen molar-refractivity contribution in [2.24, 2.45) is 0 Å². The summed E-state index contributed by atoms with van der Waals surface area (Å²) in [7, 11) is 0. The number of hydrogen-bond donors (Lipinski definition) is 2. The minimum absolute atomic E-state index is 0.0901. The summed E-state index contributed by atoms with van der Waals surface area (Å²) >= 11 is 1.30. The van der Waals surface area contributed by atoms with Gasteiger partial charge in [0.1, 0.15) is 0 Å². The summed E-state index contributed by atoms with van der Waals surface area (Å²) in [6, 6.07) is 1.66. The Kier molecular flexibility index (Phi) is 4.31. The van der Waals surface area contributed by atoms with Gasteiger partial charge in [0.2, 0.25) is 5.91 Å². The number of carbonyl (C=O) groups is 1. The van der Waals surface area contributed by atoms with Crippen LogP contribution in [0.25, 0.3) is 0 Å². The largest absolute Gasteiger partial charge is 0.401 e. The number of alkyl halides is 3. The van der Waals surface area contributed by atoms with Crippen molar-refractivity contribution in [3.05, 3.63) is 16.3 Å². The van der Waals surface area contributed by atoms with Gasteiger partial charge in [0.25, 0.3) is 0 Å². The predicted molar refractivity (Wildman–Crippen MR) is 56.4 cm³/mol. The first kappa shape index (κ1) is 13.0. The van der Waals surface area contributed by atoms with Gasteiger partial charge in [-0.2, -0.15) is 13.2 Å². The second kappa shape index (κ2) is 5.31. The molecule has 16 heavy (non-hydrogen) atoms. The number of amides is 1. The van der Waals surface area contributed by atoms with E-state index >= 15 is 0 Å². The number of nitrogens with one attached hydrogen (secondary N) is 2. The summed E-state index contributed by atoms with van der Waals surface area (Å²) in [5.41, 5.74) is 0.562. The molecule has 0 unspecified atom stereocenters. The second-order valence-electron chi connectivity index (χ2n) is 3.16. The predicted octanol–water partition coefficient (Wildman–Crippen LogP) is 2.36. The maximum absolute atomic E-state index is 11.9. The van der Waals surface area contributed by atoms with Gasteiger partial charge >= 0.3 is 6.18 Å². The Morgan fingerprint density at radius 3 is 2.75 bits per heavy atom. The number of thiophene rings is 1. The van der Waals surface area contributed by atoms with Gasteiger partial charge in [0, 0.05) is 18.3 Å². The van der Waals surface area contributed by atoms with E-state index in [9.17, 15) is 18.0 Å². The quantitative estimate of drug-likeness (QED) is 0.863. The molecule has 90 valence electrons. The number of carbonyl (C=O) groups excluding carboxylic acids is 1. The molecule has 0 saturated carbocycles. The zero-order valence-corrected chi connectivity index (χ0v) is 9.34. The van der Waals surface area contributed by atoms with Crippen LogP contribution < -0.4 is 10.6 Å². The van der Waals surface area contributed by atoms with E-state index in [0.717, 1.165) is 0 Å². The Labute approximate surface area is 94.7 Å². The lowest BCUT2D eigenvalue weighted by atomic mass is 10.3. The van der Waals surface area contributed by atoms with Crippen LogP contribution in [0, 0.1) is 0 Å². The number of rotatable bonds is 4. The maximum atomic E-state index is 11.9. The Morgan fingerprint density at radius 2 is 2.19 bits per heavy atom. The third-order valence-corrected chi connectivity index (χ3v) is 2.59. The first-order valence-corrected chi connectivity index (χ1v) is 5.38. The van der Waals surface area contributed by atoms with Crippen molar-refractivity contribution in [3.63, 3.8) is 0 Å². The average Bonchev–Trinajstić information content (AvgIpc) is 2.49. The third kappa shape index (κ3) is 4.63. The summed E-state index contributed by atoms with van der Waals surface area (Å²) in [5, 5.41) is 6.54. The zero-order chi connectivity index (χ0) is 12.2. The van der Waals surface area contributed by atoms with Crippen LogP contribution in [-0.4, -0.2) is 18.6 Å². The smallest absolute Gasteiger partial charge is 0.325 e. The Morgan fingerprint density at radius 1 is 1.50 bits per heavy atom. The van der Waals surface area contributed by atoms with Gasteiger partial charge in [-0.3, -0.25) is 4.79 Å². The van der Waals surface area contributed by atoms with Gasteiger partial charge in [0.05, 0.1) is 12.2 Å². The van der Waals surface area contributed by atoms with Crippen LogP contribution in [0.2, 0.25) is 0 Å². The molecule has 0 atom stereocenters. The Bertz CT molecular complexity index is 362. The van der Waals surface area contributed by atoms with Crippen molar-refractivity contribution in [2.75, 3.05) is 11.9 Å². The molecular weight excluding hydrogens is 241 g/mol. The molecule has 0 aliphatic heterocycles. The molecule has 1 aromatic rings. The highest BCUT2D eigenvalue weighted by molar-refractivity contribution is 7.10. The summed E-state index contributed by atoms with van der Waals surface area (Å²) in [6.45, 7) is 0.405. The van der Waals surface area contributed by atoms with Gasteiger partial charge < -0.3 is 10.6 Å². The van der Waals surface area contributed by atoms with Crippen molar-refractivity contribution in [1.82, 2.24) is 5.32 Å². The van der Waals surface area contributed by atoms with E-state index in [4.69, 9.17) is 0 Å². The van der Waals surface area contributed by atoms with Gasteiger partial charge in [-0.05, 0) is 11.4 Å². The van der Waals surface area contributed by atoms with Crippen molar-refractivity contribution in [3.8, 4) is 0 Å². The van der Waals surface area contributed by atoms with E-state index in [2.05, 4.69) is 10.6 Å². The lowest BCUT2D eigenvalue weighted by molar-refractivity contribution is -0.125. The van der Waals surface area contributed by atoms with E-state index in [1.165, 1.54) is 18.3 Å². The van der Waals surface area contributed by atoms with E-state index < -0.39 is 12.7 Å². The van der Waals surface area contributed by atoms with Crippen LogP contribution in [0.15, 0.2) is 11.4 Å². The van der Waals surface area contributed by atoms with Crippen molar-refractivity contribution in [2.45, 2.75) is 19.6 Å². The minimum atomic E-state index is -4.22. The highest BCUT2D eigenvalue weighted by Gasteiger charge is 2.26. The van der Waals surface area contributed by atoms with Gasteiger partial charge in [0.15, 0.2) is 0 Å². The van der Waals surface area contributed by atoms with Crippen LogP contribution in [0.5, 0.6) is 0 Å². The van der Waals surface area contributed by atoms with Crippen LogP contribution in [-0.2, 0) is 11.3 Å². The fraction of sp³-hybridized carbons (Fsp3) is 0.444. The maximum Gasteiger partial charge on any atom is 0.401 e. The average molecular weight is 252 g/mol. The molecule has 2 N–H and O–H groups in total. The first-order chi connectivity index (χ1) is 7.38. The normalized spacial score (nSPS) is 11.5. The monoisotopic (exact) mass is 252 g/mol. The molecule has 0 fully saturated rings. The minimum Gasteiger partial charge on any atom is -0.325 e. The highest BCUT2D eigenvalue weighted by Crippen LogP contribution is 2.22. The molecular formula is C9H11F3N2OS. The molecule has 0 saturated heterocycles. The summed E-state index contributed by atoms with van der Waals surface area (Å²) < 4.78 is 35.6. The molecule has 1 amide bonds. The molecule has 0 aliphatic carbocycles. The number of halogens is 3. The third-order valence-electron chi connectivity index (χ3n) is 1.67. The van der Waals surface area contributed by atoms with E-state index in [-0.39, 0.29) is 12.5 Å². The summed E-state index contributed by atoms with van der Waals surface area (Å²) in [5.74, 6) is -0.240. The lowest BCUT2D eigenvalue weighted by Gasteiger charge is -2.08. The molecule has 0 radical (unpaired) electrons. The molecule has 0 spiro atoms. The summed E-state index contributed by atoms with van der Waals surface area (Å²) in [6.07, 6.45) is -4.22. The Hall–Kier alpha value is -1.08. The van der Waals surface area contributed by atoms with Crippen LogP contribution in [0.4, 0.5) is 18.9 Å². The fourth-order valence-corrected chi connectivity index (χ4v) is 1.90. The topological polar surface area (TPSA) is 41.1 Å². The van der Waals surface area contributed by atoms with Crippen molar-refractivity contribution < 1.29 is 18.0 Å². The molecule has 1 rings (SSSR count). The van der Waals surface area contributed by atoms with Crippen molar-refractivity contribution in [1.29, 1.82) is 0 Å². The number of anilines is 1. The zero-order valence-electron chi connectivity index (χ0n) is 8.52. The first-order valence-electron chi connectivity index (χ1n) is 4.50. The lowest BCUT2D eigenvalue weighted by Crippen LogP contribution is -2.28. The van der Waals surface area contributed by atoms with Crippen LogP contribution in [0.3, 0.4) is 0 Å². The standard InChI is InChI=1S/C9H11F3N2OS/c1-6(15)14-7-2-3-16-8(7)4-13-5-9(10,11)12/h2-3,13H,4-5H2,1H3,(H,14,15). The fourth-order valence-electron chi connectivity index (χ4n) is 1.10. The second-order valence-corrected chi connectivity index (χ2v) is 4.16. The van der Waals surface area contributed by atoms with Crippen molar-refractivity contribution >= 4 is 22.9 Å². The van der Waals surface area contributed by atoms with E-state index in [1.54, 1.807) is 11.4 Å². The Balaban J connectivity index is 2.48. The molecule has 0 bridgehead atoms. The molecule has 0 aromatic carbocycles. The van der Waals surface area contributed by atoms with Gasteiger partial charge in [-0.25, -0.2) is 0 Å². The summed E-state index contributed by atoms with van der Waals surface area (Å²) in [4.78, 5) is 11.5. The van der Waals surface area contributed by atoms with Gasteiger partial charge in [-0.1, -0.05) is 0 Å². The molecule has 3 nitrogen and oxygen atoms in total. The SMILES string of the molecule is CC(=O)Nc1ccsc1CNCC(F)(F)F. The molecule has 1 aromatic heterocycles.